The second-order valence-corrected chi connectivity index (χ2v) is 4.15. The molecule has 0 aliphatic heterocycles. The molecule has 19 heavy (non-hydrogen) atoms. The van der Waals surface area contributed by atoms with Gasteiger partial charge < -0.3 is 25.2 Å². The van der Waals surface area contributed by atoms with Crippen LogP contribution in [0.15, 0.2) is 18.2 Å². The van der Waals surface area contributed by atoms with Crippen molar-refractivity contribution in [1.82, 2.24) is 4.90 Å². The molecule has 106 valence electrons. The van der Waals surface area contributed by atoms with E-state index in [-0.39, 0.29) is 26.3 Å². The summed E-state index contributed by atoms with van der Waals surface area (Å²) in [4.78, 5) is 13.3. The van der Waals surface area contributed by atoms with Crippen molar-refractivity contribution in [3.05, 3.63) is 23.2 Å². The SMILES string of the molecule is COc1ccc(Cl)cc1NC(=O)N(CCO)CCO. The number of methoxy groups -OCH3 is 1. The fourth-order valence-corrected chi connectivity index (χ4v) is 1.70. The molecule has 0 aliphatic carbocycles. The van der Waals surface area contributed by atoms with Crippen molar-refractivity contribution in [2.45, 2.75) is 0 Å². The molecule has 0 saturated carbocycles. The number of rotatable bonds is 6. The highest BCUT2D eigenvalue weighted by molar-refractivity contribution is 6.31. The van der Waals surface area contributed by atoms with Gasteiger partial charge in [0.2, 0.25) is 0 Å². The largest absolute Gasteiger partial charge is 0.495 e. The number of urea groups is 1. The molecule has 0 saturated heterocycles. The Balaban J connectivity index is 2.82. The molecule has 3 N–H and O–H groups in total. The minimum Gasteiger partial charge on any atom is -0.495 e. The van der Waals surface area contributed by atoms with Gasteiger partial charge in [-0.3, -0.25) is 0 Å². The number of hydrogen-bond acceptors (Lipinski definition) is 4. The number of amides is 2. The van der Waals surface area contributed by atoms with Gasteiger partial charge in [-0.15, -0.1) is 0 Å². The summed E-state index contributed by atoms with van der Waals surface area (Å²) in [5.41, 5.74) is 0.431. The summed E-state index contributed by atoms with van der Waals surface area (Å²) in [6.45, 7) is -0.0925. The molecule has 0 spiro atoms. The number of halogens is 1. The third-order valence-corrected chi connectivity index (χ3v) is 2.67. The molecule has 0 heterocycles. The average molecular weight is 289 g/mol. The van der Waals surface area contributed by atoms with Gasteiger partial charge in [0.15, 0.2) is 0 Å². The number of carbonyl (C=O) groups excluding carboxylic acids is 1. The van der Waals surface area contributed by atoms with Crippen LogP contribution in [-0.2, 0) is 0 Å². The zero-order chi connectivity index (χ0) is 14.3. The molecule has 1 aromatic rings. The molecule has 0 aliphatic rings. The number of nitrogens with one attached hydrogen (secondary N) is 1. The van der Waals surface area contributed by atoms with Crippen LogP contribution >= 0.6 is 11.6 Å². The summed E-state index contributed by atoms with van der Waals surface area (Å²) in [6.07, 6.45) is 0. The molecular formula is C12H17ClN2O4. The van der Waals surface area contributed by atoms with Gasteiger partial charge in [-0.1, -0.05) is 11.6 Å². The van der Waals surface area contributed by atoms with Gasteiger partial charge >= 0.3 is 6.03 Å². The van der Waals surface area contributed by atoms with Gasteiger partial charge in [0, 0.05) is 18.1 Å². The van der Waals surface area contributed by atoms with Crippen LogP contribution in [0.5, 0.6) is 5.75 Å². The van der Waals surface area contributed by atoms with Crippen molar-refractivity contribution in [3.8, 4) is 5.75 Å². The Morgan fingerprint density at radius 3 is 2.53 bits per heavy atom. The van der Waals surface area contributed by atoms with Gasteiger partial charge in [0.1, 0.15) is 5.75 Å². The number of hydrogen-bond donors (Lipinski definition) is 3. The van der Waals surface area contributed by atoms with Crippen molar-refractivity contribution in [2.75, 3.05) is 38.7 Å². The highest BCUT2D eigenvalue weighted by Crippen LogP contribution is 2.27. The summed E-state index contributed by atoms with van der Waals surface area (Å²) in [6, 6.07) is 4.41. The molecule has 0 radical (unpaired) electrons. The van der Waals surface area contributed by atoms with E-state index in [1.165, 1.54) is 12.0 Å². The summed E-state index contributed by atoms with van der Waals surface area (Å²) >= 11 is 5.86. The molecule has 0 aromatic heterocycles. The van der Waals surface area contributed by atoms with Gasteiger partial charge in [-0.25, -0.2) is 4.79 Å². The van der Waals surface area contributed by atoms with E-state index in [1.54, 1.807) is 18.2 Å². The maximum Gasteiger partial charge on any atom is 0.322 e. The summed E-state index contributed by atoms with van der Waals surface area (Å²) < 4.78 is 5.11. The number of anilines is 1. The monoisotopic (exact) mass is 288 g/mol. The first-order valence-electron chi connectivity index (χ1n) is 5.73. The Kier molecular flexibility index (Phi) is 6.41. The lowest BCUT2D eigenvalue weighted by Gasteiger charge is -2.21. The van der Waals surface area contributed by atoms with E-state index < -0.39 is 6.03 Å². The molecule has 2 amide bonds. The second kappa shape index (κ2) is 7.83. The Labute approximate surface area is 116 Å². The molecule has 1 aromatic carbocycles. The average Bonchev–Trinajstić information content (AvgIpc) is 2.38. The first-order valence-corrected chi connectivity index (χ1v) is 6.11. The van der Waals surface area contributed by atoms with Crippen molar-refractivity contribution < 1.29 is 19.7 Å². The lowest BCUT2D eigenvalue weighted by molar-refractivity contribution is 0.167. The molecule has 7 heteroatoms. The lowest BCUT2D eigenvalue weighted by atomic mass is 10.3. The van der Waals surface area contributed by atoms with E-state index in [9.17, 15) is 4.79 Å². The van der Waals surface area contributed by atoms with E-state index in [0.717, 1.165) is 0 Å². The smallest absolute Gasteiger partial charge is 0.322 e. The van der Waals surface area contributed by atoms with E-state index in [2.05, 4.69) is 5.32 Å². The quantitative estimate of drug-likeness (QED) is 0.734. The molecule has 0 atom stereocenters. The first-order chi connectivity index (χ1) is 9.12. The van der Waals surface area contributed by atoms with Gasteiger partial charge in [-0.05, 0) is 18.2 Å². The minimum atomic E-state index is -0.441. The number of carbonyl (C=O) groups is 1. The Hall–Kier alpha value is -1.50. The fourth-order valence-electron chi connectivity index (χ4n) is 1.53. The Bertz CT molecular complexity index is 422. The lowest BCUT2D eigenvalue weighted by Crippen LogP contribution is -2.39. The van der Waals surface area contributed by atoms with E-state index in [1.807, 2.05) is 0 Å². The molecule has 0 unspecified atom stereocenters. The molecule has 6 nitrogen and oxygen atoms in total. The van der Waals surface area contributed by atoms with Crippen LogP contribution in [0.3, 0.4) is 0 Å². The van der Waals surface area contributed by atoms with Gasteiger partial charge in [-0.2, -0.15) is 0 Å². The molecule has 0 fully saturated rings. The predicted molar refractivity (Wildman–Crippen MR) is 72.8 cm³/mol. The van der Waals surface area contributed by atoms with Crippen LogP contribution < -0.4 is 10.1 Å². The van der Waals surface area contributed by atoms with Gasteiger partial charge in [0.25, 0.3) is 0 Å². The number of benzene rings is 1. The maximum absolute atomic E-state index is 12.0. The van der Waals surface area contributed by atoms with Crippen LogP contribution in [0.25, 0.3) is 0 Å². The highest BCUT2D eigenvalue weighted by atomic mass is 35.5. The standard InChI is InChI=1S/C12H17ClN2O4/c1-19-11-3-2-9(13)8-10(11)14-12(18)15(4-6-16)5-7-17/h2-3,8,16-17H,4-7H2,1H3,(H,14,18). The highest BCUT2D eigenvalue weighted by Gasteiger charge is 2.14. The summed E-state index contributed by atoms with van der Waals surface area (Å²) in [5.74, 6) is 0.477. The number of aliphatic hydroxyl groups is 2. The topological polar surface area (TPSA) is 82.0 Å². The fraction of sp³-hybridized carbons (Fsp3) is 0.417. The van der Waals surface area contributed by atoms with Crippen molar-refractivity contribution in [3.63, 3.8) is 0 Å². The van der Waals surface area contributed by atoms with Crippen molar-refractivity contribution in [1.29, 1.82) is 0 Å². The van der Waals surface area contributed by atoms with Crippen molar-refractivity contribution in [2.24, 2.45) is 0 Å². The summed E-state index contributed by atoms with van der Waals surface area (Å²) in [5, 5.41) is 20.8. The number of nitrogens with zero attached hydrogens (tertiary/aromatic N) is 1. The normalized spacial score (nSPS) is 10.1. The minimum absolute atomic E-state index is 0.134. The third kappa shape index (κ3) is 4.59. The van der Waals surface area contributed by atoms with Crippen molar-refractivity contribution >= 4 is 23.3 Å². The van der Waals surface area contributed by atoms with Crippen LogP contribution in [0.4, 0.5) is 10.5 Å². The molecule has 0 bridgehead atoms. The van der Waals surface area contributed by atoms with E-state index >= 15 is 0 Å². The first kappa shape index (κ1) is 15.6. The predicted octanol–water partition coefficient (Wildman–Crippen LogP) is 1.17. The zero-order valence-corrected chi connectivity index (χ0v) is 11.4. The third-order valence-electron chi connectivity index (χ3n) is 2.43. The zero-order valence-electron chi connectivity index (χ0n) is 10.6. The van der Waals surface area contributed by atoms with Crippen LogP contribution in [-0.4, -0.2) is 54.6 Å². The number of ether oxygens (including phenoxy) is 1. The van der Waals surface area contributed by atoms with Crippen LogP contribution in [0.2, 0.25) is 5.02 Å². The molecule has 1 rings (SSSR count). The van der Waals surface area contributed by atoms with E-state index in [4.69, 9.17) is 26.6 Å². The molecular weight excluding hydrogens is 272 g/mol. The van der Waals surface area contributed by atoms with E-state index in [0.29, 0.717) is 16.5 Å². The van der Waals surface area contributed by atoms with Gasteiger partial charge in [0.05, 0.1) is 26.0 Å². The Morgan fingerprint density at radius 2 is 2.00 bits per heavy atom. The summed E-state index contributed by atoms with van der Waals surface area (Å²) in [7, 11) is 1.48. The van der Waals surface area contributed by atoms with Crippen LogP contribution in [0, 0.1) is 0 Å². The maximum atomic E-state index is 12.0. The second-order valence-electron chi connectivity index (χ2n) is 3.71. The van der Waals surface area contributed by atoms with Crippen LogP contribution in [0.1, 0.15) is 0 Å². The number of aliphatic hydroxyl groups excluding tert-OH is 2. The Morgan fingerprint density at radius 1 is 1.37 bits per heavy atom.